The summed E-state index contributed by atoms with van der Waals surface area (Å²) in [6.45, 7) is 1.93. The molecule has 1 aromatic heterocycles. The lowest BCUT2D eigenvalue weighted by Gasteiger charge is -2.14. The average Bonchev–Trinajstić information content (AvgIpc) is 2.64. The molecule has 0 bridgehead atoms. The summed E-state index contributed by atoms with van der Waals surface area (Å²) in [4.78, 5) is 27.8. The standard InChI is InChI=1S/C20H19N3O5/c1-11-16(20(26)27)18(21)17-14(23-11)6-3-7-15(17)28-9-8-22-19(25)12-4-2-5-13(24)10-12/h2-7,10,24H,8-9H2,1H3,(H2,21,23)(H,22,25)(H,26,27). The summed E-state index contributed by atoms with van der Waals surface area (Å²) in [5.41, 5.74) is 7.30. The predicted octanol–water partition coefficient (Wildman–Crippen LogP) is 2.34. The first-order valence-electron chi connectivity index (χ1n) is 8.50. The van der Waals surface area contributed by atoms with Gasteiger partial charge in [-0.3, -0.25) is 9.78 Å². The lowest BCUT2D eigenvalue weighted by molar-refractivity contribution is 0.0696. The van der Waals surface area contributed by atoms with Crippen molar-refractivity contribution in [2.24, 2.45) is 0 Å². The van der Waals surface area contributed by atoms with E-state index < -0.39 is 5.97 Å². The second kappa shape index (κ2) is 7.83. The Morgan fingerprint density at radius 2 is 1.96 bits per heavy atom. The van der Waals surface area contributed by atoms with Crippen LogP contribution in [0.1, 0.15) is 26.4 Å². The molecule has 0 aliphatic carbocycles. The van der Waals surface area contributed by atoms with Crippen molar-refractivity contribution in [2.75, 3.05) is 18.9 Å². The number of carboxylic acids is 1. The van der Waals surface area contributed by atoms with Crippen LogP contribution in [0.15, 0.2) is 42.5 Å². The van der Waals surface area contributed by atoms with Crippen LogP contribution in [0.3, 0.4) is 0 Å². The molecule has 0 radical (unpaired) electrons. The summed E-state index contributed by atoms with van der Waals surface area (Å²) in [5, 5.41) is 21.9. The zero-order chi connectivity index (χ0) is 20.3. The molecule has 2 aromatic carbocycles. The lowest BCUT2D eigenvalue weighted by Crippen LogP contribution is -2.28. The number of nitrogens with one attached hydrogen (secondary N) is 1. The third-order valence-corrected chi connectivity index (χ3v) is 4.16. The van der Waals surface area contributed by atoms with E-state index in [9.17, 15) is 19.8 Å². The van der Waals surface area contributed by atoms with Gasteiger partial charge in [-0.15, -0.1) is 0 Å². The second-order valence-electron chi connectivity index (χ2n) is 6.10. The van der Waals surface area contributed by atoms with Gasteiger partial charge in [0.25, 0.3) is 5.91 Å². The minimum absolute atomic E-state index is 0.00663. The van der Waals surface area contributed by atoms with Gasteiger partial charge in [-0.05, 0) is 37.3 Å². The molecule has 0 aliphatic heterocycles. The maximum Gasteiger partial charge on any atom is 0.339 e. The Hall–Kier alpha value is -3.81. The van der Waals surface area contributed by atoms with Crippen LogP contribution in [0.2, 0.25) is 0 Å². The highest BCUT2D eigenvalue weighted by Gasteiger charge is 2.18. The number of pyridine rings is 1. The summed E-state index contributed by atoms with van der Waals surface area (Å²) >= 11 is 0. The number of amides is 1. The van der Waals surface area contributed by atoms with E-state index in [1.807, 2.05) is 0 Å². The van der Waals surface area contributed by atoms with E-state index in [2.05, 4.69) is 10.3 Å². The number of aromatic hydroxyl groups is 1. The van der Waals surface area contributed by atoms with E-state index in [0.29, 0.717) is 27.9 Å². The summed E-state index contributed by atoms with van der Waals surface area (Å²) in [7, 11) is 0. The largest absolute Gasteiger partial charge is 0.508 e. The van der Waals surface area contributed by atoms with Crippen molar-refractivity contribution < 1.29 is 24.5 Å². The van der Waals surface area contributed by atoms with Gasteiger partial charge < -0.3 is 26.0 Å². The molecule has 0 spiro atoms. The molecule has 8 nitrogen and oxygen atoms in total. The molecule has 8 heteroatoms. The van der Waals surface area contributed by atoms with Crippen molar-refractivity contribution in [3.63, 3.8) is 0 Å². The van der Waals surface area contributed by atoms with E-state index >= 15 is 0 Å². The fraction of sp³-hybridized carbons (Fsp3) is 0.150. The van der Waals surface area contributed by atoms with Gasteiger partial charge in [-0.25, -0.2) is 4.79 Å². The van der Waals surface area contributed by atoms with Crippen LogP contribution in [-0.4, -0.2) is 40.2 Å². The van der Waals surface area contributed by atoms with Gasteiger partial charge in [0.1, 0.15) is 23.7 Å². The van der Waals surface area contributed by atoms with Crippen molar-refractivity contribution >= 4 is 28.5 Å². The van der Waals surface area contributed by atoms with Crippen molar-refractivity contribution in [1.82, 2.24) is 10.3 Å². The van der Waals surface area contributed by atoms with Crippen LogP contribution in [0.5, 0.6) is 11.5 Å². The molecule has 0 saturated heterocycles. The monoisotopic (exact) mass is 381 g/mol. The van der Waals surface area contributed by atoms with Gasteiger partial charge in [0.15, 0.2) is 0 Å². The number of carbonyl (C=O) groups excluding carboxylic acids is 1. The Morgan fingerprint density at radius 3 is 2.68 bits per heavy atom. The van der Waals surface area contributed by atoms with Crippen LogP contribution in [0.4, 0.5) is 5.69 Å². The fourth-order valence-electron chi connectivity index (χ4n) is 2.90. The number of aromatic carboxylic acids is 1. The van der Waals surface area contributed by atoms with Gasteiger partial charge in [0.05, 0.1) is 28.8 Å². The molecule has 0 aliphatic rings. The number of nitrogen functional groups attached to an aromatic ring is 1. The molecule has 3 aromatic rings. The summed E-state index contributed by atoms with van der Waals surface area (Å²) < 4.78 is 5.71. The zero-order valence-electron chi connectivity index (χ0n) is 15.1. The zero-order valence-corrected chi connectivity index (χ0v) is 15.1. The number of aryl methyl sites for hydroxylation is 1. The van der Waals surface area contributed by atoms with E-state index in [0.717, 1.165) is 0 Å². The SMILES string of the molecule is Cc1nc2cccc(OCCNC(=O)c3cccc(O)c3)c2c(N)c1C(=O)O. The highest BCUT2D eigenvalue weighted by molar-refractivity contribution is 6.06. The number of rotatable bonds is 6. The first-order valence-corrected chi connectivity index (χ1v) is 8.50. The number of hydrogen-bond donors (Lipinski definition) is 4. The number of nitrogens with zero attached hydrogens (tertiary/aromatic N) is 1. The predicted molar refractivity (Wildman–Crippen MR) is 104 cm³/mol. The molecule has 0 fully saturated rings. The quantitative estimate of drug-likeness (QED) is 0.481. The van der Waals surface area contributed by atoms with Crippen LogP contribution < -0.4 is 15.8 Å². The van der Waals surface area contributed by atoms with Gasteiger partial charge in [-0.1, -0.05) is 12.1 Å². The number of carboxylic acid groups (broad SMARTS) is 1. The Balaban J connectivity index is 1.73. The molecule has 0 atom stereocenters. The number of phenols is 1. The Labute approximate surface area is 160 Å². The molecular formula is C20H19N3O5. The highest BCUT2D eigenvalue weighted by Crippen LogP contribution is 2.33. The summed E-state index contributed by atoms with van der Waals surface area (Å²) in [6, 6.07) is 11.1. The number of anilines is 1. The smallest absolute Gasteiger partial charge is 0.339 e. The molecule has 5 N–H and O–H groups in total. The number of phenolic OH excluding ortho intramolecular Hbond substituents is 1. The number of fused-ring (bicyclic) bond motifs is 1. The number of benzene rings is 2. The first-order chi connectivity index (χ1) is 13.4. The molecule has 0 unspecified atom stereocenters. The van der Waals surface area contributed by atoms with Gasteiger partial charge >= 0.3 is 5.97 Å². The second-order valence-corrected chi connectivity index (χ2v) is 6.10. The molecule has 1 amide bonds. The number of nitrogens with two attached hydrogens (primary N) is 1. The molecule has 144 valence electrons. The van der Waals surface area contributed by atoms with E-state index in [-0.39, 0.29) is 36.1 Å². The molecule has 1 heterocycles. The summed E-state index contributed by atoms with van der Waals surface area (Å²) in [5.74, 6) is -1.11. The molecular weight excluding hydrogens is 362 g/mol. The molecule has 3 rings (SSSR count). The first kappa shape index (κ1) is 19.0. The average molecular weight is 381 g/mol. The van der Waals surface area contributed by atoms with Crippen molar-refractivity contribution in [1.29, 1.82) is 0 Å². The minimum Gasteiger partial charge on any atom is -0.508 e. The van der Waals surface area contributed by atoms with Crippen LogP contribution in [-0.2, 0) is 0 Å². The number of ether oxygens (including phenoxy) is 1. The van der Waals surface area contributed by atoms with Crippen molar-refractivity contribution in [2.45, 2.75) is 6.92 Å². The van der Waals surface area contributed by atoms with Gasteiger partial charge in [0.2, 0.25) is 0 Å². The van der Waals surface area contributed by atoms with Crippen LogP contribution in [0.25, 0.3) is 10.9 Å². The van der Waals surface area contributed by atoms with E-state index in [1.165, 1.54) is 12.1 Å². The maximum atomic E-state index is 12.1. The Morgan fingerprint density at radius 1 is 1.21 bits per heavy atom. The van der Waals surface area contributed by atoms with Gasteiger partial charge in [-0.2, -0.15) is 0 Å². The molecule has 28 heavy (non-hydrogen) atoms. The minimum atomic E-state index is -1.16. The van der Waals surface area contributed by atoms with Crippen molar-refractivity contribution in [3.8, 4) is 11.5 Å². The third-order valence-electron chi connectivity index (χ3n) is 4.16. The third kappa shape index (κ3) is 3.80. The van der Waals surface area contributed by atoms with E-state index in [1.54, 1.807) is 37.3 Å². The topological polar surface area (TPSA) is 135 Å². The number of carbonyl (C=O) groups is 2. The Kier molecular flexibility index (Phi) is 5.30. The Bertz CT molecular complexity index is 1070. The van der Waals surface area contributed by atoms with Crippen molar-refractivity contribution in [3.05, 3.63) is 59.3 Å². The lowest BCUT2D eigenvalue weighted by atomic mass is 10.1. The highest BCUT2D eigenvalue weighted by atomic mass is 16.5. The van der Waals surface area contributed by atoms with E-state index in [4.69, 9.17) is 10.5 Å². The molecule has 0 saturated carbocycles. The normalized spacial score (nSPS) is 10.6. The summed E-state index contributed by atoms with van der Waals surface area (Å²) in [6.07, 6.45) is 0. The maximum absolute atomic E-state index is 12.1. The van der Waals surface area contributed by atoms with Crippen LogP contribution in [0, 0.1) is 6.92 Å². The number of hydrogen-bond acceptors (Lipinski definition) is 6. The fourth-order valence-corrected chi connectivity index (χ4v) is 2.90. The van der Waals surface area contributed by atoms with Gasteiger partial charge in [0, 0.05) is 5.56 Å². The van der Waals surface area contributed by atoms with Crippen LogP contribution >= 0.6 is 0 Å². The number of aromatic nitrogens is 1.